The van der Waals surface area contributed by atoms with E-state index in [9.17, 15) is 14.9 Å². The van der Waals surface area contributed by atoms with Gasteiger partial charge in [0.15, 0.2) is 5.69 Å². The highest BCUT2D eigenvalue weighted by molar-refractivity contribution is 5.95. The minimum absolute atomic E-state index is 0.00887. The van der Waals surface area contributed by atoms with Crippen LogP contribution in [0.5, 0.6) is 0 Å². The first kappa shape index (κ1) is 21.8. The number of H-pyrrole nitrogens is 2. The van der Waals surface area contributed by atoms with E-state index in [-0.39, 0.29) is 34.9 Å². The van der Waals surface area contributed by atoms with Crippen LogP contribution in [-0.2, 0) is 13.6 Å². The lowest BCUT2D eigenvalue weighted by atomic mass is 9.97. The van der Waals surface area contributed by atoms with Crippen molar-refractivity contribution in [1.29, 1.82) is 5.26 Å². The molecule has 4 heterocycles. The first-order valence-corrected chi connectivity index (χ1v) is 10.5. The molecule has 0 aliphatic rings. The molecule has 0 spiro atoms. The van der Waals surface area contributed by atoms with Crippen molar-refractivity contribution in [2.75, 3.05) is 0 Å². The fourth-order valence-electron chi connectivity index (χ4n) is 3.98. The van der Waals surface area contributed by atoms with Crippen molar-refractivity contribution in [2.24, 2.45) is 7.05 Å². The molecule has 0 radical (unpaired) electrons. The molecule has 0 bridgehead atoms. The molecule has 12 heteroatoms. The van der Waals surface area contributed by atoms with Gasteiger partial charge in [0.1, 0.15) is 29.1 Å². The first-order chi connectivity index (χ1) is 16.9. The van der Waals surface area contributed by atoms with Gasteiger partial charge in [-0.1, -0.05) is 12.1 Å². The van der Waals surface area contributed by atoms with E-state index in [1.807, 2.05) is 6.92 Å². The highest BCUT2D eigenvalue weighted by Crippen LogP contribution is 2.37. The van der Waals surface area contributed by atoms with E-state index in [1.165, 1.54) is 28.8 Å². The third-order valence-electron chi connectivity index (χ3n) is 5.51. The second-order valence-corrected chi connectivity index (χ2v) is 7.84. The number of hydrogen-bond donors (Lipinski definition) is 3. The lowest BCUT2D eigenvalue weighted by Gasteiger charge is -2.08. The molecule has 0 atom stereocenters. The molecule has 0 fully saturated rings. The molecule has 0 saturated carbocycles. The van der Waals surface area contributed by atoms with Crippen molar-refractivity contribution in [1.82, 2.24) is 39.7 Å². The fraction of sp³-hybridized carbons (Fsp3) is 0.130. The average molecular weight is 471 g/mol. The van der Waals surface area contributed by atoms with E-state index in [0.29, 0.717) is 16.9 Å². The standard InChI is InChI=1S/C23H18FN9O2/c1-12-15(11-32(2)31-12)14-4-3-5-16(24)20(14)21-17(9-25)33-7-6-13(8-19(33)28-21)22(34)26-10-18-27-23(35)30-29-18/h3-8,11H,10H2,1-2H3,(H,26,34)(H2,27,29,30,35). The van der Waals surface area contributed by atoms with Crippen LogP contribution < -0.4 is 11.0 Å². The first-order valence-electron chi connectivity index (χ1n) is 10.5. The zero-order chi connectivity index (χ0) is 24.7. The number of benzene rings is 1. The van der Waals surface area contributed by atoms with Crippen LogP contribution in [0.15, 0.2) is 47.5 Å². The second-order valence-electron chi connectivity index (χ2n) is 7.84. The van der Waals surface area contributed by atoms with Crippen LogP contribution in [0.4, 0.5) is 4.39 Å². The second kappa shape index (κ2) is 8.38. The Labute approximate surface area is 196 Å². The average Bonchev–Trinajstić information content (AvgIpc) is 3.52. The number of nitriles is 1. The van der Waals surface area contributed by atoms with Crippen LogP contribution in [0, 0.1) is 24.1 Å². The summed E-state index contributed by atoms with van der Waals surface area (Å²) in [6.07, 6.45) is 3.32. The molecule has 1 aromatic carbocycles. The number of amides is 1. The van der Waals surface area contributed by atoms with Gasteiger partial charge in [-0.2, -0.15) is 15.5 Å². The van der Waals surface area contributed by atoms with Crippen molar-refractivity contribution in [2.45, 2.75) is 13.5 Å². The van der Waals surface area contributed by atoms with E-state index in [2.05, 4.69) is 36.7 Å². The maximum absolute atomic E-state index is 15.2. The zero-order valence-corrected chi connectivity index (χ0v) is 18.6. The van der Waals surface area contributed by atoms with E-state index >= 15 is 4.39 Å². The number of aromatic amines is 2. The molecule has 5 aromatic rings. The summed E-state index contributed by atoms with van der Waals surface area (Å²) in [6.45, 7) is 1.83. The van der Waals surface area contributed by atoms with Crippen molar-refractivity contribution < 1.29 is 9.18 Å². The predicted octanol–water partition coefficient (Wildman–Crippen LogP) is 2.06. The zero-order valence-electron chi connectivity index (χ0n) is 18.6. The number of aromatic nitrogens is 7. The SMILES string of the molecule is Cc1nn(C)cc1-c1cccc(F)c1-c1nc2cc(C(=O)NCc3n[nH]c(=O)[nH]3)ccn2c1C#N. The minimum atomic E-state index is -0.531. The molecule has 1 amide bonds. The van der Waals surface area contributed by atoms with Crippen LogP contribution in [-0.4, -0.2) is 40.3 Å². The fourth-order valence-corrected chi connectivity index (χ4v) is 3.98. The topological polar surface area (TPSA) is 150 Å². The maximum atomic E-state index is 15.2. The normalized spacial score (nSPS) is 11.0. The number of carbonyl (C=O) groups is 1. The Morgan fingerprint density at radius 3 is 2.80 bits per heavy atom. The highest BCUT2D eigenvalue weighted by Gasteiger charge is 2.23. The molecule has 174 valence electrons. The molecular formula is C23H18FN9O2. The third-order valence-corrected chi connectivity index (χ3v) is 5.51. The van der Waals surface area contributed by atoms with E-state index in [4.69, 9.17) is 0 Å². The smallest absolute Gasteiger partial charge is 0.340 e. The molecule has 0 saturated heterocycles. The summed E-state index contributed by atoms with van der Waals surface area (Å²) < 4.78 is 18.3. The Bertz CT molecular complexity index is 1700. The van der Waals surface area contributed by atoms with Gasteiger partial charge >= 0.3 is 5.69 Å². The number of nitrogens with zero attached hydrogens (tertiary/aromatic N) is 6. The number of hydrogen-bond acceptors (Lipinski definition) is 6. The van der Waals surface area contributed by atoms with E-state index in [0.717, 1.165) is 5.56 Å². The van der Waals surface area contributed by atoms with Gasteiger partial charge < -0.3 is 5.32 Å². The van der Waals surface area contributed by atoms with Gasteiger partial charge in [-0.05, 0) is 30.7 Å². The molecule has 11 nitrogen and oxygen atoms in total. The van der Waals surface area contributed by atoms with Gasteiger partial charge in [-0.25, -0.2) is 19.3 Å². The highest BCUT2D eigenvalue weighted by atomic mass is 19.1. The number of fused-ring (bicyclic) bond motifs is 1. The van der Waals surface area contributed by atoms with Crippen LogP contribution in [0.1, 0.15) is 27.6 Å². The number of nitrogens with one attached hydrogen (secondary N) is 3. The van der Waals surface area contributed by atoms with Crippen molar-refractivity contribution in [3.63, 3.8) is 0 Å². The summed E-state index contributed by atoms with van der Waals surface area (Å²) in [6, 6.07) is 9.80. The van der Waals surface area contributed by atoms with Crippen LogP contribution in [0.3, 0.4) is 0 Å². The summed E-state index contributed by atoms with van der Waals surface area (Å²) in [4.78, 5) is 30.7. The van der Waals surface area contributed by atoms with Crippen LogP contribution >= 0.6 is 0 Å². The van der Waals surface area contributed by atoms with Crippen molar-refractivity contribution in [3.8, 4) is 28.5 Å². The largest absolute Gasteiger partial charge is 0.345 e. The Kier molecular flexibility index (Phi) is 5.21. The lowest BCUT2D eigenvalue weighted by Crippen LogP contribution is -2.23. The molecule has 35 heavy (non-hydrogen) atoms. The summed E-state index contributed by atoms with van der Waals surface area (Å²) in [5, 5.41) is 22.8. The molecule has 0 aliphatic carbocycles. The molecule has 4 aromatic heterocycles. The Morgan fingerprint density at radius 2 is 2.11 bits per heavy atom. The Morgan fingerprint density at radius 1 is 1.29 bits per heavy atom. The number of rotatable bonds is 5. The molecule has 5 rings (SSSR count). The molecule has 0 unspecified atom stereocenters. The van der Waals surface area contributed by atoms with Crippen molar-refractivity contribution >= 4 is 11.6 Å². The number of carbonyl (C=O) groups excluding carboxylic acids is 1. The predicted molar refractivity (Wildman–Crippen MR) is 123 cm³/mol. The van der Waals surface area contributed by atoms with Gasteiger partial charge in [-0.15, -0.1) is 0 Å². The summed E-state index contributed by atoms with van der Waals surface area (Å²) in [7, 11) is 1.78. The third kappa shape index (κ3) is 3.84. The number of aryl methyl sites for hydroxylation is 2. The van der Waals surface area contributed by atoms with Crippen LogP contribution in [0.25, 0.3) is 28.0 Å². The van der Waals surface area contributed by atoms with Crippen LogP contribution in [0.2, 0.25) is 0 Å². The van der Waals surface area contributed by atoms with Gasteiger partial charge in [0.2, 0.25) is 0 Å². The van der Waals surface area contributed by atoms with Gasteiger partial charge in [0.05, 0.1) is 12.2 Å². The molecular weight excluding hydrogens is 453 g/mol. The summed E-state index contributed by atoms with van der Waals surface area (Å²) >= 11 is 0. The Balaban J connectivity index is 1.57. The minimum Gasteiger partial charge on any atom is -0.345 e. The molecule has 0 aliphatic heterocycles. The maximum Gasteiger partial charge on any atom is 0.340 e. The van der Waals surface area contributed by atoms with E-state index < -0.39 is 17.4 Å². The van der Waals surface area contributed by atoms with E-state index in [1.54, 1.807) is 30.1 Å². The summed E-state index contributed by atoms with van der Waals surface area (Å²) in [5.41, 5.74) is 2.56. The number of halogens is 1. The Hall–Kier alpha value is -5.05. The monoisotopic (exact) mass is 471 g/mol. The number of imidazole rings is 1. The number of pyridine rings is 1. The van der Waals surface area contributed by atoms with Crippen molar-refractivity contribution in [3.05, 3.63) is 81.8 Å². The lowest BCUT2D eigenvalue weighted by molar-refractivity contribution is 0.0950. The van der Waals surface area contributed by atoms with Gasteiger partial charge in [0.25, 0.3) is 5.91 Å². The summed E-state index contributed by atoms with van der Waals surface area (Å²) in [5.74, 6) is -0.689. The molecule has 3 N–H and O–H groups in total. The van der Waals surface area contributed by atoms with Gasteiger partial charge in [-0.3, -0.25) is 18.9 Å². The quantitative estimate of drug-likeness (QED) is 0.357. The van der Waals surface area contributed by atoms with Gasteiger partial charge in [0, 0.05) is 36.1 Å².